The predicted molar refractivity (Wildman–Crippen MR) is 84.5 cm³/mol. The predicted octanol–water partition coefficient (Wildman–Crippen LogP) is 3.93. The summed E-state index contributed by atoms with van der Waals surface area (Å²) in [5.74, 6) is 1.58. The quantitative estimate of drug-likeness (QED) is 0.906. The van der Waals surface area contributed by atoms with E-state index in [0.29, 0.717) is 5.25 Å². The van der Waals surface area contributed by atoms with Crippen LogP contribution in [0.5, 0.6) is 5.75 Å². The van der Waals surface area contributed by atoms with Gasteiger partial charge in [0, 0.05) is 5.25 Å². The summed E-state index contributed by atoms with van der Waals surface area (Å²) >= 11 is 1.84. The summed E-state index contributed by atoms with van der Waals surface area (Å²) in [5.41, 5.74) is 2.21. The van der Waals surface area contributed by atoms with Crippen molar-refractivity contribution in [2.75, 3.05) is 19.0 Å². The second-order valence-electron chi connectivity index (χ2n) is 5.34. The second-order valence-corrected chi connectivity index (χ2v) is 6.63. The van der Waals surface area contributed by atoms with E-state index in [9.17, 15) is 0 Å². The molecule has 0 saturated heterocycles. The van der Waals surface area contributed by atoms with Crippen LogP contribution < -0.4 is 10.1 Å². The van der Waals surface area contributed by atoms with E-state index in [1.54, 1.807) is 7.11 Å². The molecule has 19 heavy (non-hydrogen) atoms. The molecule has 0 aliphatic carbocycles. The molecule has 1 N–H and O–H groups in total. The summed E-state index contributed by atoms with van der Waals surface area (Å²) in [5, 5.41) is 5.01. The van der Waals surface area contributed by atoms with Gasteiger partial charge in [-0.05, 0) is 37.0 Å². The molecule has 1 atom stereocenters. The van der Waals surface area contributed by atoms with Gasteiger partial charge in [0.1, 0.15) is 5.75 Å². The Kier molecular flexibility index (Phi) is 4.75. The van der Waals surface area contributed by atoms with Gasteiger partial charge in [0.15, 0.2) is 5.17 Å². The van der Waals surface area contributed by atoms with Crippen LogP contribution >= 0.6 is 11.8 Å². The molecule has 3 nitrogen and oxygen atoms in total. The molecule has 0 spiro atoms. The maximum atomic E-state index is 5.38. The Bertz CT molecular complexity index is 471. The summed E-state index contributed by atoms with van der Waals surface area (Å²) in [6.45, 7) is 7.51. The van der Waals surface area contributed by atoms with E-state index < -0.39 is 0 Å². The molecule has 1 unspecified atom stereocenters. The maximum Gasteiger partial charge on any atom is 0.161 e. The van der Waals surface area contributed by atoms with E-state index in [2.05, 4.69) is 43.2 Å². The number of thioether (sulfide) groups is 1. The number of ether oxygens (including phenoxy) is 1. The van der Waals surface area contributed by atoms with Gasteiger partial charge in [-0.15, -0.1) is 0 Å². The number of nitrogens with one attached hydrogen (secondary N) is 1. The topological polar surface area (TPSA) is 33.6 Å². The third-order valence-corrected chi connectivity index (χ3v) is 4.18. The monoisotopic (exact) mass is 278 g/mol. The fourth-order valence-electron chi connectivity index (χ4n) is 2.17. The zero-order chi connectivity index (χ0) is 13.8. The third-order valence-electron chi connectivity index (χ3n) is 3.05. The van der Waals surface area contributed by atoms with E-state index >= 15 is 0 Å². The van der Waals surface area contributed by atoms with Gasteiger partial charge in [0.25, 0.3) is 0 Å². The van der Waals surface area contributed by atoms with Crippen molar-refractivity contribution in [3.8, 4) is 5.75 Å². The first kappa shape index (κ1) is 14.3. The van der Waals surface area contributed by atoms with E-state index in [0.717, 1.165) is 29.1 Å². The normalized spacial score (nSPS) is 18.6. The van der Waals surface area contributed by atoms with Gasteiger partial charge in [-0.3, -0.25) is 4.99 Å². The fraction of sp³-hybridized carbons (Fsp3) is 0.533. The van der Waals surface area contributed by atoms with Gasteiger partial charge in [0.05, 0.1) is 19.3 Å². The lowest BCUT2D eigenvalue weighted by molar-refractivity contribution is 0.417. The second kappa shape index (κ2) is 6.33. The van der Waals surface area contributed by atoms with Crippen molar-refractivity contribution < 1.29 is 4.74 Å². The number of aryl methyl sites for hydroxylation is 1. The molecule has 104 valence electrons. The first-order chi connectivity index (χ1) is 9.08. The zero-order valence-electron chi connectivity index (χ0n) is 12.1. The van der Waals surface area contributed by atoms with Crippen molar-refractivity contribution in [3.63, 3.8) is 0 Å². The highest BCUT2D eigenvalue weighted by atomic mass is 32.2. The minimum atomic E-state index is 0.610. The van der Waals surface area contributed by atoms with Crippen molar-refractivity contribution in [2.24, 2.45) is 10.9 Å². The molecular formula is C15H22N2OS. The summed E-state index contributed by atoms with van der Waals surface area (Å²) in [6, 6.07) is 6.14. The SMILES string of the molecule is COc1ccc(C)cc1NC1=NCC(CC(C)C)S1. The molecule has 2 rings (SSSR count). The summed E-state index contributed by atoms with van der Waals surface area (Å²) in [4.78, 5) is 4.58. The van der Waals surface area contributed by atoms with Crippen molar-refractivity contribution in [2.45, 2.75) is 32.4 Å². The number of amidine groups is 1. The van der Waals surface area contributed by atoms with Crippen molar-refractivity contribution in [1.82, 2.24) is 0 Å². The summed E-state index contributed by atoms with van der Waals surface area (Å²) in [6.07, 6.45) is 1.21. The number of hydrogen-bond donors (Lipinski definition) is 1. The molecule has 0 amide bonds. The molecule has 0 radical (unpaired) electrons. The average Bonchev–Trinajstić information content (AvgIpc) is 2.76. The van der Waals surface area contributed by atoms with Crippen LogP contribution in [0.3, 0.4) is 0 Å². The van der Waals surface area contributed by atoms with Crippen LogP contribution in [0.2, 0.25) is 0 Å². The van der Waals surface area contributed by atoms with Gasteiger partial charge in [-0.25, -0.2) is 0 Å². The first-order valence-corrected chi connectivity index (χ1v) is 7.59. The van der Waals surface area contributed by atoms with Crippen LogP contribution in [0.1, 0.15) is 25.8 Å². The Balaban J connectivity index is 2.01. The molecule has 1 aromatic carbocycles. The number of benzene rings is 1. The maximum absolute atomic E-state index is 5.38. The van der Waals surface area contributed by atoms with Gasteiger partial charge in [-0.2, -0.15) is 0 Å². The van der Waals surface area contributed by atoms with Crippen molar-refractivity contribution >= 4 is 22.6 Å². The number of nitrogens with zero attached hydrogens (tertiary/aromatic N) is 1. The molecule has 0 aromatic heterocycles. The van der Waals surface area contributed by atoms with Gasteiger partial charge in [0.2, 0.25) is 0 Å². The zero-order valence-corrected chi connectivity index (χ0v) is 12.9. The molecule has 0 bridgehead atoms. The van der Waals surface area contributed by atoms with Gasteiger partial charge >= 0.3 is 0 Å². The standard InChI is InChI=1S/C15H22N2OS/c1-10(2)7-12-9-16-15(19-12)17-13-8-11(3)5-6-14(13)18-4/h5-6,8,10,12H,7,9H2,1-4H3,(H,16,17). The van der Waals surface area contributed by atoms with E-state index in [4.69, 9.17) is 4.74 Å². The molecule has 0 fully saturated rings. The Labute approximate surface area is 119 Å². The Morgan fingerprint density at radius 2 is 2.26 bits per heavy atom. The van der Waals surface area contributed by atoms with Gasteiger partial charge in [-0.1, -0.05) is 31.7 Å². The highest BCUT2D eigenvalue weighted by Gasteiger charge is 2.21. The average molecular weight is 278 g/mol. The van der Waals surface area contributed by atoms with E-state index in [1.165, 1.54) is 12.0 Å². The van der Waals surface area contributed by atoms with Gasteiger partial charge < -0.3 is 10.1 Å². The molecular weight excluding hydrogens is 256 g/mol. The summed E-state index contributed by atoms with van der Waals surface area (Å²) in [7, 11) is 1.70. The fourth-order valence-corrected chi connectivity index (χ4v) is 3.43. The van der Waals surface area contributed by atoms with Crippen LogP contribution in [-0.4, -0.2) is 24.1 Å². The van der Waals surface area contributed by atoms with E-state index in [1.807, 2.05) is 17.8 Å². The summed E-state index contributed by atoms with van der Waals surface area (Å²) < 4.78 is 5.38. The lowest BCUT2D eigenvalue weighted by Crippen LogP contribution is -2.10. The third kappa shape index (κ3) is 3.90. The highest BCUT2D eigenvalue weighted by molar-refractivity contribution is 8.15. The molecule has 1 aromatic rings. The molecule has 0 saturated carbocycles. The van der Waals surface area contributed by atoms with E-state index in [-0.39, 0.29) is 0 Å². The smallest absolute Gasteiger partial charge is 0.161 e. The number of methoxy groups -OCH3 is 1. The molecule has 1 heterocycles. The minimum absolute atomic E-state index is 0.610. The van der Waals surface area contributed by atoms with Crippen molar-refractivity contribution in [1.29, 1.82) is 0 Å². The number of hydrogen-bond acceptors (Lipinski definition) is 4. The Morgan fingerprint density at radius 1 is 1.47 bits per heavy atom. The number of rotatable bonds is 4. The number of aliphatic imine (C=N–C) groups is 1. The largest absolute Gasteiger partial charge is 0.495 e. The van der Waals surface area contributed by atoms with Crippen LogP contribution in [0, 0.1) is 12.8 Å². The van der Waals surface area contributed by atoms with Crippen molar-refractivity contribution in [3.05, 3.63) is 23.8 Å². The first-order valence-electron chi connectivity index (χ1n) is 6.71. The molecule has 1 aliphatic heterocycles. The lowest BCUT2D eigenvalue weighted by atomic mass is 10.1. The Hall–Kier alpha value is -1.16. The Morgan fingerprint density at radius 3 is 2.95 bits per heavy atom. The van der Waals surface area contributed by atoms with Crippen LogP contribution in [0.15, 0.2) is 23.2 Å². The number of anilines is 1. The van der Waals surface area contributed by atoms with Crippen LogP contribution in [0.25, 0.3) is 0 Å². The minimum Gasteiger partial charge on any atom is -0.495 e. The molecule has 4 heteroatoms. The highest BCUT2D eigenvalue weighted by Crippen LogP contribution is 2.31. The van der Waals surface area contributed by atoms with Crippen LogP contribution in [0.4, 0.5) is 5.69 Å². The van der Waals surface area contributed by atoms with Crippen LogP contribution in [-0.2, 0) is 0 Å². The molecule has 1 aliphatic rings. The lowest BCUT2D eigenvalue weighted by Gasteiger charge is -2.13.